The number of nitrogens with one attached hydrogen (secondary N) is 1. The number of hydrogen-bond donors (Lipinski definition) is 1. The molecule has 2 heteroatoms. The molecule has 0 amide bonds. The standard InChI is InChI=1S/C18H23NO/c1-14-6-4-7-15(10-14)11-17(19-2)12-16-8-5-9-18(13-16)20-3/h4-10,13,17,19H,11-12H2,1-3H3. The summed E-state index contributed by atoms with van der Waals surface area (Å²) in [5.41, 5.74) is 4.00. The maximum atomic E-state index is 5.28. The van der Waals surface area contributed by atoms with Gasteiger partial charge in [-0.25, -0.2) is 0 Å². The Morgan fingerprint density at radius 3 is 2.25 bits per heavy atom. The average molecular weight is 269 g/mol. The topological polar surface area (TPSA) is 21.3 Å². The van der Waals surface area contributed by atoms with E-state index in [1.165, 1.54) is 16.7 Å². The van der Waals surface area contributed by atoms with Crippen LogP contribution in [-0.2, 0) is 12.8 Å². The Bertz CT molecular complexity index is 551. The molecule has 1 atom stereocenters. The summed E-state index contributed by atoms with van der Waals surface area (Å²) in [6.45, 7) is 2.14. The van der Waals surface area contributed by atoms with Crippen LogP contribution in [-0.4, -0.2) is 20.2 Å². The maximum absolute atomic E-state index is 5.28. The lowest BCUT2D eigenvalue weighted by molar-refractivity contribution is 0.414. The molecule has 0 radical (unpaired) electrons. The third-order valence-electron chi connectivity index (χ3n) is 3.59. The van der Waals surface area contributed by atoms with Crippen molar-refractivity contribution in [1.82, 2.24) is 5.32 Å². The monoisotopic (exact) mass is 269 g/mol. The first-order valence-corrected chi connectivity index (χ1v) is 7.07. The highest BCUT2D eigenvalue weighted by Gasteiger charge is 2.09. The highest BCUT2D eigenvalue weighted by Crippen LogP contribution is 2.16. The molecule has 106 valence electrons. The Balaban J connectivity index is 2.05. The highest BCUT2D eigenvalue weighted by atomic mass is 16.5. The molecule has 0 aliphatic carbocycles. The average Bonchev–Trinajstić information content (AvgIpc) is 2.47. The van der Waals surface area contributed by atoms with Crippen LogP contribution in [0.4, 0.5) is 0 Å². The quantitative estimate of drug-likeness (QED) is 0.868. The van der Waals surface area contributed by atoms with E-state index < -0.39 is 0 Å². The minimum atomic E-state index is 0.434. The zero-order valence-corrected chi connectivity index (χ0v) is 12.5. The second-order valence-electron chi connectivity index (χ2n) is 5.23. The van der Waals surface area contributed by atoms with Crippen molar-refractivity contribution < 1.29 is 4.74 Å². The lowest BCUT2D eigenvalue weighted by atomic mass is 9.98. The number of likely N-dealkylation sites (N-methyl/N-ethyl adjacent to an activating group) is 1. The third kappa shape index (κ3) is 4.10. The van der Waals surface area contributed by atoms with E-state index >= 15 is 0 Å². The Kier molecular flexibility index (Phi) is 5.19. The molecule has 0 spiro atoms. The van der Waals surface area contributed by atoms with E-state index in [1.54, 1.807) is 7.11 Å². The lowest BCUT2D eigenvalue weighted by Gasteiger charge is -2.17. The van der Waals surface area contributed by atoms with E-state index in [4.69, 9.17) is 4.74 Å². The van der Waals surface area contributed by atoms with Crippen LogP contribution in [0.15, 0.2) is 48.5 Å². The summed E-state index contributed by atoms with van der Waals surface area (Å²) in [5.74, 6) is 0.924. The largest absolute Gasteiger partial charge is 0.497 e. The molecule has 1 unspecified atom stereocenters. The lowest BCUT2D eigenvalue weighted by Crippen LogP contribution is -2.29. The van der Waals surface area contributed by atoms with E-state index in [0.29, 0.717) is 6.04 Å². The molecule has 2 aromatic carbocycles. The van der Waals surface area contributed by atoms with E-state index in [2.05, 4.69) is 48.6 Å². The summed E-state index contributed by atoms with van der Waals surface area (Å²) in [7, 11) is 3.74. The molecular weight excluding hydrogens is 246 g/mol. The highest BCUT2D eigenvalue weighted by molar-refractivity contribution is 5.29. The fourth-order valence-corrected chi connectivity index (χ4v) is 2.48. The number of rotatable bonds is 6. The number of methoxy groups -OCH3 is 1. The van der Waals surface area contributed by atoms with E-state index in [1.807, 2.05) is 19.2 Å². The fraction of sp³-hybridized carbons (Fsp3) is 0.333. The van der Waals surface area contributed by atoms with Gasteiger partial charge in [0.25, 0.3) is 0 Å². The second-order valence-corrected chi connectivity index (χ2v) is 5.23. The summed E-state index contributed by atoms with van der Waals surface area (Å²) in [4.78, 5) is 0. The Morgan fingerprint density at radius 1 is 1.00 bits per heavy atom. The van der Waals surface area contributed by atoms with Crippen LogP contribution in [0.3, 0.4) is 0 Å². The van der Waals surface area contributed by atoms with E-state index in [-0.39, 0.29) is 0 Å². The van der Waals surface area contributed by atoms with Crippen molar-refractivity contribution in [1.29, 1.82) is 0 Å². The van der Waals surface area contributed by atoms with Gasteiger partial charge in [0.1, 0.15) is 5.75 Å². The van der Waals surface area contributed by atoms with Gasteiger partial charge in [-0.15, -0.1) is 0 Å². The van der Waals surface area contributed by atoms with Crippen molar-refractivity contribution in [2.75, 3.05) is 14.2 Å². The van der Waals surface area contributed by atoms with Gasteiger partial charge in [0.05, 0.1) is 7.11 Å². The molecule has 0 saturated carbocycles. The predicted molar refractivity (Wildman–Crippen MR) is 84.4 cm³/mol. The van der Waals surface area contributed by atoms with Crippen molar-refractivity contribution in [2.24, 2.45) is 0 Å². The number of hydrogen-bond acceptors (Lipinski definition) is 2. The smallest absolute Gasteiger partial charge is 0.119 e. The molecule has 0 fully saturated rings. The van der Waals surface area contributed by atoms with Crippen molar-refractivity contribution in [3.05, 3.63) is 65.2 Å². The van der Waals surface area contributed by atoms with Gasteiger partial charge < -0.3 is 10.1 Å². The van der Waals surface area contributed by atoms with Crippen LogP contribution >= 0.6 is 0 Å². The molecule has 0 aliphatic rings. The Hall–Kier alpha value is -1.80. The van der Waals surface area contributed by atoms with Crippen molar-refractivity contribution in [3.8, 4) is 5.75 Å². The van der Waals surface area contributed by atoms with Gasteiger partial charge in [-0.2, -0.15) is 0 Å². The van der Waals surface area contributed by atoms with Crippen molar-refractivity contribution in [3.63, 3.8) is 0 Å². The Morgan fingerprint density at radius 2 is 1.65 bits per heavy atom. The molecule has 0 aromatic heterocycles. The van der Waals surface area contributed by atoms with Crippen LogP contribution < -0.4 is 10.1 Å². The van der Waals surface area contributed by atoms with E-state index in [0.717, 1.165) is 18.6 Å². The van der Waals surface area contributed by atoms with Crippen LogP contribution in [0.2, 0.25) is 0 Å². The third-order valence-corrected chi connectivity index (χ3v) is 3.59. The molecule has 20 heavy (non-hydrogen) atoms. The summed E-state index contributed by atoms with van der Waals surface area (Å²) < 4.78 is 5.28. The molecule has 2 nitrogen and oxygen atoms in total. The zero-order chi connectivity index (χ0) is 14.4. The van der Waals surface area contributed by atoms with Crippen LogP contribution in [0.25, 0.3) is 0 Å². The molecule has 2 rings (SSSR count). The minimum Gasteiger partial charge on any atom is -0.497 e. The van der Waals surface area contributed by atoms with Gasteiger partial charge in [0.2, 0.25) is 0 Å². The minimum absolute atomic E-state index is 0.434. The zero-order valence-electron chi connectivity index (χ0n) is 12.5. The van der Waals surface area contributed by atoms with Gasteiger partial charge in [-0.1, -0.05) is 42.0 Å². The molecular formula is C18H23NO. The summed E-state index contributed by atoms with van der Waals surface area (Å²) >= 11 is 0. The van der Waals surface area contributed by atoms with Gasteiger partial charge >= 0.3 is 0 Å². The number of aryl methyl sites for hydroxylation is 1. The summed E-state index contributed by atoms with van der Waals surface area (Å²) in [6, 6.07) is 17.5. The first-order valence-electron chi connectivity index (χ1n) is 7.07. The van der Waals surface area contributed by atoms with Gasteiger partial charge in [-0.05, 0) is 50.1 Å². The molecule has 0 heterocycles. The number of benzene rings is 2. The SMILES string of the molecule is CNC(Cc1cccc(C)c1)Cc1cccc(OC)c1. The predicted octanol–water partition coefficient (Wildman–Crippen LogP) is 3.38. The molecule has 1 N–H and O–H groups in total. The normalized spacial score (nSPS) is 12.2. The van der Waals surface area contributed by atoms with Crippen molar-refractivity contribution >= 4 is 0 Å². The Labute approximate surface area is 121 Å². The fourth-order valence-electron chi connectivity index (χ4n) is 2.48. The molecule has 0 aliphatic heterocycles. The van der Waals surface area contributed by atoms with Crippen LogP contribution in [0, 0.1) is 6.92 Å². The first kappa shape index (κ1) is 14.6. The molecule has 0 saturated heterocycles. The van der Waals surface area contributed by atoms with Gasteiger partial charge in [-0.3, -0.25) is 0 Å². The molecule has 2 aromatic rings. The molecule has 0 bridgehead atoms. The summed E-state index contributed by atoms with van der Waals surface area (Å²) in [6.07, 6.45) is 2.04. The van der Waals surface area contributed by atoms with Crippen LogP contribution in [0.1, 0.15) is 16.7 Å². The second kappa shape index (κ2) is 7.11. The number of ether oxygens (including phenoxy) is 1. The van der Waals surface area contributed by atoms with Crippen molar-refractivity contribution in [2.45, 2.75) is 25.8 Å². The maximum Gasteiger partial charge on any atom is 0.119 e. The van der Waals surface area contributed by atoms with Gasteiger partial charge in [0, 0.05) is 6.04 Å². The van der Waals surface area contributed by atoms with Gasteiger partial charge in [0.15, 0.2) is 0 Å². The van der Waals surface area contributed by atoms with Crippen LogP contribution in [0.5, 0.6) is 5.75 Å². The van der Waals surface area contributed by atoms with E-state index in [9.17, 15) is 0 Å². The summed E-state index contributed by atoms with van der Waals surface area (Å²) in [5, 5.41) is 3.42. The first-order chi connectivity index (χ1) is 9.71.